The second-order valence-corrected chi connectivity index (χ2v) is 19.1. The number of carbonyl (C=O) groups excluding carboxylic acids is 1. The maximum Gasteiger partial charge on any atom is 0.187 e. The van der Waals surface area contributed by atoms with Crippen molar-refractivity contribution in [1.29, 1.82) is 0 Å². The number of aliphatic hydroxyl groups excluding tert-OH is 9. The summed E-state index contributed by atoms with van der Waals surface area (Å²) < 4.78 is 23.2. The molecule has 14 heteroatoms. The molecule has 6 aliphatic rings. The first-order valence-corrected chi connectivity index (χ1v) is 20.7. The second kappa shape index (κ2) is 16.6. The molecule has 0 aromatic rings. The molecule has 0 aromatic heterocycles. The Bertz CT molecular complexity index is 1460. The molecule has 0 bridgehead atoms. The summed E-state index contributed by atoms with van der Waals surface area (Å²) in [5.74, 6) is 1.12. The number of ketones is 1. The summed E-state index contributed by atoms with van der Waals surface area (Å²) in [5, 5.41) is 91.1. The molecule has 18 atom stereocenters. The minimum Gasteiger partial charge on any atom is -0.394 e. The molecule has 14 nitrogen and oxygen atoms in total. The van der Waals surface area contributed by atoms with Gasteiger partial charge in [0.25, 0.3) is 0 Å². The van der Waals surface area contributed by atoms with Gasteiger partial charge in [0.2, 0.25) is 0 Å². The first kappa shape index (κ1) is 44.2. The SMILES string of the molecule is C[C@H](CC/C=C(\CO)CO[C@@H]1O[C@H](CO)[C@@H](O)[C@H](O)[C@H]1O)[C@H]1CC[C@@]2(C)[C@@H]3CC=C4[C@@H](CC[C@H](O[C@@H]5O[C@H](CO)[C@@H](O)[C@H](O)[C@H]5O)C4(C)C)[C@]3(C)C(=O)C[C@]12C. The van der Waals surface area contributed by atoms with Gasteiger partial charge in [0.15, 0.2) is 12.6 Å². The number of carbonyl (C=O) groups is 1. The third-order valence-corrected chi connectivity index (χ3v) is 16.0. The molecular weight excluding hydrogens is 728 g/mol. The lowest BCUT2D eigenvalue weighted by Gasteiger charge is -2.65. The summed E-state index contributed by atoms with van der Waals surface area (Å²) in [6.45, 7) is 12.0. The van der Waals surface area contributed by atoms with Crippen LogP contribution in [0.1, 0.15) is 92.9 Å². The lowest BCUT2D eigenvalue weighted by molar-refractivity contribution is -0.319. The van der Waals surface area contributed by atoms with Crippen LogP contribution >= 0.6 is 0 Å². The lowest BCUT2D eigenvalue weighted by Crippen LogP contribution is -2.64. The summed E-state index contributed by atoms with van der Waals surface area (Å²) in [5.41, 5.74) is 0.430. The summed E-state index contributed by atoms with van der Waals surface area (Å²) in [7, 11) is 0. The van der Waals surface area contributed by atoms with E-state index in [1.807, 2.05) is 6.08 Å². The van der Waals surface area contributed by atoms with Gasteiger partial charge < -0.3 is 64.9 Å². The van der Waals surface area contributed by atoms with Crippen molar-refractivity contribution in [2.45, 2.75) is 160 Å². The first-order chi connectivity index (χ1) is 26.3. The number of Topliss-reactive ketones (excluding diaryl/α,β-unsaturated/α-hetero) is 1. The lowest BCUT2D eigenvalue weighted by atomic mass is 9.38. The highest BCUT2D eigenvalue weighted by molar-refractivity contribution is 5.88. The third-order valence-electron chi connectivity index (χ3n) is 16.0. The Morgan fingerprint density at radius 1 is 0.839 bits per heavy atom. The topological polar surface area (TPSA) is 236 Å². The fraction of sp³-hybridized carbons (Fsp3) is 0.881. The normalized spacial score (nSPS) is 48.4. The van der Waals surface area contributed by atoms with Gasteiger partial charge in [-0.15, -0.1) is 0 Å². The van der Waals surface area contributed by atoms with Gasteiger partial charge in [-0.1, -0.05) is 59.3 Å². The number of ether oxygens (including phenoxy) is 4. The molecule has 2 aliphatic heterocycles. The molecule has 6 rings (SSSR count). The van der Waals surface area contributed by atoms with E-state index in [-0.39, 0.29) is 42.0 Å². The number of aliphatic hydroxyl groups is 9. The predicted octanol–water partition coefficient (Wildman–Crippen LogP) is 1.11. The van der Waals surface area contributed by atoms with Gasteiger partial charge in [0.05, 0.1) is 32.5 Å². The van der Waals surface area contributed by atoms with Crippen molar-refractivity contribution in [3.8, 4) is 0 Å². The van der Waals surface area contributed by atoms with Crippen LogP contribution in [0.2, 0.25) is 0 Å². The van der Waals surface area contributed by atoms with Crippen molar-refractivity contribution in [3.63, 3.8) is 0 Å². The van der Waals surface area contributed by atoms with Crippen LogP contribution < -0.4 is 0 Å². The molecule has 2 saturated heterocycles. The highest BCUT2D eigenvalue weighted by Gasteiger charge is 2.70. The van der Waals surface area contributed by atoms with Crippen molar-refractivity contribution < 1.29 is 69.7 Å². The van der Waals surface area contributed by atoms with Crippen LogP contribution in [0.15, 0.2) is 23.3 Å². The van der Waals surface area contributed by atoms with E-state index in [0.29, 0.717) is 42.5 Å². The van der Waals surface area contributed by atoms with Gasteiger partial charge in [-0.25, -0.2) is 0 Å². The molecule has 2 heterocycles. The Hall–Kier alpha value is -1.37. The second-order valence-electron chi connectivity index (χ2n) is 19.1. The number of fused-ring (bicyclic) bond motifs is 5. The fourth-order valence-electron chi connectivity index (χ4n) is 12.3. The van der Waals surface area contributed by atoms with Crippen LogP contribution in [0.5, 0.6) is 0 Å². The summed E-state index contributed by atoms with van der Waals surface area (Å²) in [4.78, 5) is 14.8. The van der Waals surface area contributed by atoms with Gasteiger partial charge in [-0.05, 0) is 85.0 Å². The van der Waals surface area contributed by atoms with Gasteiger partial charge in [-0.3, -0.25) is 4.79 Å². The molecule has 0 amide bonds. The van der Waals surface area contributed by atoms with Crippen LogP contribution in [0.3, 0.4) is 0 Å². The highest BCUT2D eigenvalue weighted by atomic mass is 16.7. The van der Waals surface area contributed by atoms with Crippen molar-refractivity contribution in [3.05, 3.63) is 23.3 Å². The van der Waals surface area contributed by atoms with E-state index in [1.54, 1.807) is 0 Å². The molecule has 0 unspecified atom stereocenters. The van der Waals surface area contributed by atoms with Crippen LogP contribution in [-0.4, -0.2) is 146 Å². The Labute approximate surface area is 330 Å². The standard InChI is InChI=1S/C42H68O14/c1-21(8-7-9-22(17-43)20-53-37-35(51)33(49)31(47)26(18-44)54-37)23-14-15-40(4)28-12-10-24-25(42(28,6)29(46)16-41(23,40)5)11-13-30(39(24,2)3)56-38-36(52)34(50)32(48)27(19-45)55-38/h9-10,21,23,25-28,30-38,43-45,47-52H,7-8,11-20H2,1-6H3/b22-9+/t21-,23-,25-,26-,27-,28+,30+,31-,32-,33+,34+,35-,36-,37-,38+,40+,41-,42+/m1/s1. The van der Waals surface area contributed by atoms with Crippen LogP contribution in [0.25, 0.3) is 0 Å². The largest absolute Gasteiger partial charge is 0.394 e. The van der Waals surface area contributed by atoms with E-state index >= 15 is 0 Å². The van der Waals surface area contributed by atoms with E-state index in [1.165, 1.54) is 5.57 Å². The fourth-order valence-corrected chi connectivity index (χ4v) is 12.3. The highest BCUT2D eigenvalue weighted by Crippen LogP contribution is 2.74. The maximum absolute atomic E-state index is 14.8. The zero-order valence-corrected chi connectivity index (χ0v) is 33.9. The van der Waals surface area contributed by atoms with E-state index < -0.39 is 85.5 Å². The van der Waals surface area contributed by atoms with Crippen molar-refractivity contribution in [1.82, 2.24) is 0 Å². The van der Waals surface area contributed by atoms with E-state index in [9.17, 15) is 50.8 Å². The van der Waals surface area contributed by atoms with Crippen LogP contribution in [0.4, 0.5) is 0 Å². The average molecular weight is 797 g/mol. The minimum absolute atomic E-state index is 0.0310. The quantitative estimate of drug-likeness (QED) is 0.126. The molecule has 0 radical (unpaired) electrons. The smallest absolute Gasteiger partial charge is 0.187 e. The van der Waals surface area contributed by atoms with Gasteiger partial charge >= 0.3 is 0 Å². The molecule has 56 heavy (non-hydrogen) atoms. The number of hydrogen-bond acceptors (Lipinski definition) is 14. The van der Waals surface area contributed by atoms with Crippen LogP contribution in [-0.2, 0) is 23.7 Å². The molecule has 3 saturated carbocycles. The first-order valence-electron chi connectivity index (χ1n) is 20.7. The number of hydrogen-bond donors (Lipinski definition) is 9. The van der Waals surface area contributed by atoms with Crippen molar-refractivity contribution in [2.75, 3.05) is 26.4 Å². The summed E-state index contributed by atoms with van der Waals surface area (Å²) >= 11 is 0. The Morgan fingerprint density at radius 3 is 2.05 bits per heavy atom. The summed E-state index contributed by atoms with van der Waals surface area (Å²) in [6.07, 6.45) is -3.58. The number of rotatable bonds is 12. The molecule has 5 fully saturated rings. The Kier molecular flexibility index (Phi) is 13.1. The molecule has 4 aliphatic carbocycles. The minimum atomic E-state index is -1.54. The van der Waals surface area contributed by atoms with E-state index in [2.05, 4.69) is 47.6 Å². The average Bonchev–Trinajstić information content (AvgIpc) is 3.43. The third kappa shape index (κ3) is 7.20. The zero-order chi connectivity index (χ0) is 41.1. The summed E-state index contributed by atoms with van der Waals surface area (Å²) in [6, 6.07) is 0. The Morgan fingerprint density at radius 2 is 1.45 bits per heavy atom. The molecular formula is C42H68O14. The zero-order valence-electron chi connectivity index (χ0n) is 33.9. The molecule has 0 spiro atoms. The predicted molar refractivity (Wildman–Crippen MR) is 201 cm³/mol. The van der Waals surface area contributed by atoms with E-state index in [4.69, 9.17) is 18.9 Å². The van der Waals surface area contributed by atoms with Crippen molar-refractivity contribution >= 4 is 5.78 Å². The van der Waals surface area contributed by atoms with Gasteiger partial charge in [0.1, 0.15) is 54.6 Å². The van der Waals surface area contributed by atoms with Crippen LogP contribution in [0, 0.1) is 45.3 Å². The number of allylic oxidation sites excluding steroid dienone is 2. The molecule has 0 aromatic carbocycles. The molecule has 9 N–H and O–H groups in total. The Balaban J connectivity index is 1.12. The molecule has 320 valence electrons. The van der Waals surface area contributed by atoms with E-state index in [0.717, 1.165) is 32.1 Å². The monoisotopic (exact) mass is 796 g/mol. The maximum atomic E-state index is 14.8. The van der Waals surface area contributed by atoms with Gasteiger partial charge in [-0.2, -0.15) is 0 Å². The van der Waals surface area contributed by atoms with Crippen molar-refractivity contribution in [2.24, 2.45) is 45.3 Å². The van der Waals surface area contributed by atoms with Gasteiger partial charge in [0, 0.05) is 17.3 Å².